The summed E-state index contributed by atoms with van der Waals surface area (Å²) in [6.45, 7) is 2.08. The number of carboxylic acids is 1. The fourth-order valence-corrected chi connectivity index (χ4v) is 2.86. The Morgan fingerprint density at radius 1 is 1.39 bits per heavy atom. The highest BCUT2D eigenvalue weighted by molar-refractivity contribution is 5.80. The van der Waals surface area contributed by atoms with Gasteiger partial charge in [-0.2, -0.15) is 0 Å². The Labute approximate surface area is 134 Å². The van der Waals surface area contributed by atoms with Gasteiger partial charge < -0.3 is 15.2 Å². The topological polar surface area (TPSA) is 75.6 Å². The van der Waals surface area contributed by atoms with E-state index in [4.69, 9.17) is 9.84 Å². The number of benzene rings is 1. The summed E-state index contributed by atoms with van der Waals surface area (Å²) >= 11 is 0. The van der Waals surface area contributed by atoms with E-state index in [1.807, 2.05) is 0 Å². The molecule has 5 nitrogen and oxygen atoms in total. The summed E-state index contributed by atoms with van der Waals surface area (Å²) in [6.07, 6.45) is 2.19. The second kappa shape index (κ2) is 7.94. The summed E-state index contributed by atoms with van der Waals surface area (Å²) in [4.78, 5) is 23.2. The first kappa shape index (κ1) is 17.2. The van der Waals surface area contributed by atoms with E-state index in [-0.39, 0.29) is 23.7 Å². The van der Waals surface area contributed by atoms with Crippen LogP contribution in [0.4, 0.5) is 4.39 Å². The number of carboxylic acid groups (broad SMARTS) is 1. The first-order valence-corrected chi connectivity index (χ1v) is 7.88. The van der Waals surface area contributed by atoms with E-state index in [0.717, 1.165) is 12.8 Å². The zero-order valence-electron chi connectivity index (χ0n) is 13.1. The minimum absolute atomic E-state index is 0.134. The Kier molecular flexibility index (Phi) is 5.96. The first-order chi connectivity index (χ1) is 11.0. The van der Waals surface area contributed by atoms with E-state index in [1.165, 1.54) is 12.1 Å². The normalized spacial score (nSPS) is 22.2. The molecule has 0 radical (unpaired) electrons. The van der Waals surface area contributed by atoms with Crippen molar-refractivity contribution in [2.75, 3.05) is 6.54 Å². The molecule has 1 aromatic carbocycles. The molecule has 0 bridgehead atoms. The molecule has 0 aliphatic heterocycles. The summed E-state index contributed by atoms with van der Waals surface area (Å²) < 4.78 is 18.6. The van der Waals surface area contributed by atoms with Crippen molar-refractivity contribution in [3.63, 3.8) is 0 Å². The minimum Gasteiger partial charge on any atom is -0.489 e. The maximum atomic E-state index is 13.1. The number of hydrogen-bond acceptors (Lipinski definition) is 3. The lowest BCUT2D eigenvalue weighted by atomic mass is 9.81. The standard InChI is InChI=1S/C17H22FNO4/c1-11(23-15-7-3-6-14(18)9-15)10-19-16(20)12-4-2-5-13(8-12)17(21)22/h3,6-7,9,11-13H,2,4-5,8,10H2,1H3,(H,19,20)(H,21,22). The lowest BCUT2D eigenvalue weighted by Gasteiger charge is -2.26. The zero-order chi connectivity index (χ0) is 16.8. The Morgan fingerprint density at radius 3 is 2.83 bits per heavy atom. The lowest BCUT2D eigenvalue weighted by molar-refractivity contribution is -0.144. The highest BCUT2D eigenvalue weighted by Crippen LogP contribution is 2.29. The van der Waals surface area contributed by atoms with Crippen molar-refractivity contribution in [1.29, 1.82) is 0 Å². The number of carbonyl (C=O) groups excluding carboxylic acids is 1. The largest absolute Gasteiger partial charge is 0.489 e. The zero-order valence-corrected chi connectivity index (χ0v) is 13.1. The van der Waals surface area contributed by atoms with Crippen LogP contribution in [0.25, 0.3) is 0 Å². The van der Waals surface area contributed by atoms with Crippen LogP contribution in [0.5, 0.6) is 5.75 Å². The van der Waals surface area contributed by atoms with Crippen LogP contribution in [0, 0.1) is 17.7 Å². The van der Waals surface area contributed by atoms with E-state index in [9.17, 15) is 14.0 Å². The highest BCUT2D eigenvalue weighted by atomic mass is 19.1. The summed E-state index contributed by atoms with van der Waals surface area (Å²) in [5.41, 5.74) is 0. The van der Waals surface area contributed by atoms with E-state index >= 15 is 0 Å². The number of rotatable bonds is 6. The molecule has 3 atom stereocenters. The number of carbonyl (C=O) groups is 2. The smallest absolute Gasteiger partial charge is 0.306 e. The third-order valence-corrected chi connectivity index (χ3v) is 4.09. The molecule has 0 heterocycles. The van der Waals surface area contributed by atoms with Gasteiger partial charge in [-0.1, -0.05) is 12.5 Å². The minimum atomic E-state index is -0.828. The number of ether oxygens (including phenoxy) is 1. The summed E-state index contributed by atoms with van der Waals surface area (Å²) in [5, 5.41) is 11.9. The average molecular weight is 323 g/mol. The van der Waals surface area contributed by atoms with Crippen LogP contribution in [0.3, 0.4) is 0 Å². The van der Waals surface area contributed by atoms with Crippen LogP contribution in [0.15, 0.2) is 24.3 Å². The van der Waals surface area contributed by atoms with E-state index in [1.54, 1.807) is 19.1 Å². The van der Waals surface area contributed by atoms with Crippen LogP contribution in [0.1, 0.15) is 32.6 Å². The maximum Gasteiger partial charge on any atom is 0.306 e. The number of halogens is 1. The molecule has 2 rings (SSSR count). The van der Waals surface area contributed by atoms with E-state index in [2.05, 4.69) is 5.32 Å². The van der Waals surface area contributed by atoms with Crippen molar-refractivity contribution in [3.8, 4) is 5.75 Å². The van der Waals surface area contributed by atoms with Crippen molar-refractivity contribution in [2.24, 2.45) is 11.8 Å². The second-order valence-electron chi connectivity index (χ2n) is 6.03. The van der Waals surface area contributed by atoms with Gasteiger partial charge in [0.25, 0.3) is 0 Å². The molecule has 0 aromatic heterocycles. The van der Waals surface area contributed by atoms with Gasteiger partial charge in [-0.05, 0) is 38.3 Å². The summed E-state index contributed by atoms with van der Waals surface area (Å²) in [7, 11) is 0. The van der Waals surface area contributed by atoms with Crippen LogP contribution >= 0.6 is 0 Å². The number of hydrogen-bond donors (Lipinski definition) is 2. The van der Waals surface area contributed by atoms with Gasteiger partial charge in [0.15, 0.2) is 0 Å². The molecule has 1 amide bonds. The molecule has 1 saturated carbocycles. The van der Waals surface area contributed by atoms with Gasteiger partial charge in [-0.15, -0.1) is 0 Å². The monoisotopic (exact) mass is 323 g/mol. The van der Waals surface area contributed by atoms with Crippen molar-refractivity contribution in [2.45, 2.75) is 38.7 Å². The Balaban J connectivity index is 1.78. The van der Waals surface area contributed by atoms with Crippen LogP contribution in [0.2, 0.25) is 0 Å². The van der Waals surface area contributed by atoms with Crippen LogP contribution in [-0.4, -0.2) is 29.6 Å². The van der Waals surface area contributed by atoms with Crippen molar-refractivity contribution in [1.82, 2.24) is 5.32 Å². The Hall–Kier alpha value is -2.11. The van der Waals surface area contributed by atoms with Gasteiger partial charge in [0.2, 0.25) is 5.91 Å². The molecule has 1 fully saturated rings. The quantitative estimate of drug-likeness (QED) is 0.844. The molecule has 126 valence electrons. The fourth-order valence-electron chi connectivity index (χ4n) is 2.86. The molecule has 1 aliphatic rings. The third-order valence-electron chi connectivity index (χ3n) is 4.09. The van der Waals surface area contributed by atoms with Gasteiger partial charge in [-0.3, -0.25) is 9.59 Å². The molecule has 0 saturated heterocycles. The molecular weight excluding hydrogens is 301 g/mol. The van der Waals surface area contributed by atoms with Crippen LogP contribution < -0.4 is 10.1 Å². The van der Waals surface area contributed by atoms with Gasteiger partial charge in [0.05, 0.1) is 12.5 Å². The lowest BCUT2D eigenvalue weighted by Crippen LogP contribution is -2.39. The van der Waals surface area contributed by atoms with Gasteiger partial charge in [0.1, 0.15) is 17.7 Å². The van der Waals surface area contributed by atoms with Crippen molar-refractivity contribution < 1.29 is 23.8 Å². The van der Waals surface area contributed by atoms with Crippen LogP contribution in [-0.2, 0) is 9.59 Å². The Bertz CT molecular complexity index is 563. The third kappa shape index (κ3) is 5.23. The Morgan fingerprint density at radius 2 is 2.13 bits per heavy atom. The summed E-state index contributed by atoms with van der Waals surface area (Å²) in [5.74, 6) is -1.61. The van der Waals surface area contributed by atoms with Crippen molar-refractivity contribution in [3.05, 3.63) is 30.1 Å². The molecule has 0 spiro atoms. The summed E-state index contributed by atoms with van der Waals surface area (Å²) in [6, 6.07) is 5.84. The molecule has 3 unspecified atom stereocenters. The predicted octanol–water partition coefficient (Wildman–Crippen LogP) is 2.60. The van der Waals surface area contributed by atoms with E-state index < -0.39 is 11.9 Å². The molecule has 6 heteroatoms. The predicted molar refractivity (Wildman–Crippen MR) is 82.6 cm³/mol. The van der Waals surface area contributed by atoms with Gasteiger partial charge in [-0.25, -0.2) is 4.39 Å². The van der Waals surface area contributed by atoms with Gasteiger partial charge in [0, 0.05) is 12.0 Å². The fraction of sp³-hybridized carbons (Fsp3) is 0.529. The second-order valence-corrected chi connectivity index (χ2v) is 6.03. The number of nitrogens with one attached hydrogen (secondary N) is 1. The molecule has 1 aliphatic carbocycles. The maximum absolute atomic E-state index is 13.1. The highest BCUT2D eigenvalue weighted by Gasteiger charge is 2.31. The molecule has 2 N–H and O–H groups in total. The SMILES string of the molecule is CC(CNC(=O)C1CCCC(C(=O)O)C1)Oc1cccc(F)c1. The average Bonchev–Trinajstić information content (AvgIpc) is 2.52. The first-order valence-electron chi connectivity index (χ1n) is 7.88. The molecular formula is C17H22FNO4. The van der Waals surface area contributed by atoms with E-state index in [0.29, 0.717) is 25.1 Å². The number of aliphatic carboxylic acids is 1. The molecule has 1 aromatic rings. The van der Waals surface area contributed by atoms with Crippen molar-refractivity contribution >= 4 is 11.9 Å². The number of amides is 1. The van der Waals surface area contributed by atoms with Gasteiger partial charge >= 0.3 is 5.97 Å². The molecule has 23 heavy (non-hydrogen) atoms.